The molecule has 1 aromatic rings. The Morgan fingerprint density at radius 1 is 0.909 bits per heavy atom. The summed E-state index contributed by atoms with van der Waals surface area (Å²) >= 11 is 0. The first-order valence-corrected chi connectivity index (χ1v) is 12.4. The van der Waals surface area contributed by atoms with Gasteiger partial charge in [-0.05, 0) is 63.6 Å². The van der Waals surface area contributed by atoms with E-state index >= 15 is 0 Å². The predicted molar refractivity (Wildman–Crippen MR) is 134 cm³/mol. The standard InChI is InChI=1S/C26H39N3O3.ClH/c1-18(2)32-24-9-6-5-8-23(24)28-14-12-27(13-15-28)10-7-11-29-25(30)21-16-19(3)20(4)17-22(21)26(29)31;/h5-6,8-9,18-22H,7,10-17H2,1-4H3;1H. The fraction of sp³-hybridized carbons (Fsp3) is 0.692. The molecule has 2 aliphatic heterocycles. The van der Waals surface area contributed by atoms with Crippen molar-refractivity contribution in [1.82, 2.24) is 9.80 Å². The first-order chi connectivity index (χ1) is 15.3. The monoisotopic (exact) mass is 477 g/mol. The molecule has 1 saturated carbocycles. The van der Waals surface area contributed by atoms with E-state index in [2.05, 4.69) is 49.6 Å². The van der Waals surface area contributed by atoms with E-state index < -0.39 is 0 Å². The third kappa shape index (κ3) is 5.65. The Kier molecular flexibility index (Phi) is 8.68. The van der Waals surface area contributed by atoms with Gasteiger partial charge in [-0.1, -0.05) is 26.0 Å². The molecule has 3 aliphatic rings. The highest BCUT2D eigenvalue weighted by molar-refractivity contribution is 6.05. The van der Waals surface area contributed by atoms with E-state index in [1.807, 2.05) is 12.1 Å². The molecule has 4 rings (SSSR count). The third-order valence-corrected chi connectivity index (χ3v) is 7.67. The number of imide groups is 1. The second-order valence-corrected chi connectivity index (χ2v) is 10.3. The zero-order chi connectivity index (χ0) is 22.8. The fourth-order valence-corrected chi connectivity index (χ4v) is 5.61. The van der Waals surface area contributed by atoms with Crippen LogP contribution in [0.2, 0.25) is 0 Å². The van der Waals surface area contributed by atoms with Crippen molar-refractivity contribution in [2.75, 3.05) is 44.2 Å². The minimum Gasteiger partial charge on any atom is -0.489 e. The number of nitrogens with zero attached hydrogens (tertiary/aromatic N) is 3. The first kappa shape index (κ1) is 25.8. The molecule has 4 unspecified atom stereocenters. The summed E-state index contributed by atoms with van der Waals surface area (Å²) in [7, 11) is 0. The molecule has 6 nitrogen and oxygen atoms in total. The number of benzene rings is 1. The molecule has 1 aliphatic carbocycles. The highest BCUT2D eigenvalue weighted by Crippen LogP contribution is 2.43. The number of hydrogen-bond acceptors (Lipinski definition) is 5. The molecule has 0 aromatic heterocycles. The topological polar surface area (TPSA) is 53.1 Å². The Morgan fingerprint density at radius 2 is 1.48 bits per heavy atom. The van der Waals surface area contributed by atoms with Gasteiger partial charge >= 0.3 is 0 Å². The zero-order valence-corrected chi connectivity index (χ0v) is 21.4. The van der Waals surface area contributed by atoms with Gasteiger partial charge in [0.2, 0.25) is 11.8 Å². The van der Waals surface area contributed by atoms with Gasteiger partial charge in [-0.3, -0.25) is 19.4 Å². The number of fused-ring (bicyclic) bond motifs is 1. The number of likely N-dealkylation sites (tertiary alicyclic amines) is 1. The van der Waals surface area contributed by atoms with Crippen LogP contribution >= 0.6 is 12.4 Å². The quantitative estimate of drug-likeness (QED) is 0.554. The van der Waals surface area contributed by atoms with Crippen molar-refractivity contribution >= 4 is 29.9 Å². The van der Waals surface area contributed by atoms with Crippen LogP contribution < -0.4 is 9.64 Å². The fourth-order valence-electron chi connectivity index (χ4n) is 5.61. The van der Waals surface area contributed by atoms with Crippen LogP contribution in [0.4, 0.5) is 5.69 Å². The van der Waals surface area contributed by atoms with Gasteiger partial charge in [0.15, 0.2) is 0 Å². The lowest BCUT2D eigenvalue weighted by molar-refractivity contribution is -0.140. The second-order valence-electron chi connectivity index (χ2n) is 10.3. The number of amides is 2. The number of piperazine rings is 1. The first-order valence-electron chi connectivity index (χ1n) is 12.4. The molecule has 7 heteroatoms. The second kappa shape index (κ2) is 11.1. The lowest BCUT2D eigenvalue weighted by Gasteiger charge is -2.37. The molecule has 33 heavy (non-hydrogen) atoms. The maximum Gasteiger partial charge on any atom is 0.233 e. The van der Waals surface area contributed by atoms with Crippen LogP contribution in [0, 0.1) is 23.7 Å². The van der Waals surface area contributed by atoms with Gasteiger partial charge < -0.3 is 9.64 Å². The molecule has 0 spiro atoms. The SMILES string of the molecule is CC(C)Oc1ccccc1N1CCN(CCCN2C(=O)C3CC(C)C(C)CC3C2=O)CC1.Cl. The van der Waals surface area contributed by atoms with Crippen molar-refractivity contribution in [3.8, 4) is 5.75 Å². The lowest BCUT2D eigenvalue weighted by Crippen LogP contribution is -2.47. The van der Waals surface area contributed by atoms with Gasteiger partial charge in [-0.15, -0.1) is 12.4 Å². The zero-order valence-electron chi connectivity index (χ0n) is 20.5. The van der Waals surface area contributed by atoms with E-state index in [9.17, 15) is 9.59 Å². The average molecular weight is 478 g/mol. The van der Waals surface area contributed by atoms with Crippen molar-refractivity contribution in [3.63, 3.8) is 0 Å². The molecule has 4 atom stereocenters. The van der Waals surface area contributed by atoms with Crippen molar-refractivity contribution in [3.05, 3.63) is 24.3 Å². The van der Waals surface area contributed by atoms with Crippen molar-refractivity contribution in [1.29, 1.82) is 0 Å². The van der Waals surface area contributed by atoms with Gasteiger partial charge in [0.25, 0.3) is 0 Å². The highest BCUT2D eigenvalue weighted by atomic mass is 35.5. The Labute approximate surface area is 205 Å². The normalized spacial score (nSPS) is 28.2. The minimum absolute atomic E-state index is 0. The maximum atomic E-state index is 12.9. The number of halogens is 1. The van der Waals surface area contributed by atoms with E-state index in [1.165, 1.54) is 5.69 Å². The van der Waals surface area contributed by atoms with Crippen molar-refractivity contribution in [2.24, 2.45) is 23.7 Å². The number of para-hydroxylation sites is 2. The number of hydrogen-bond donors (Lipinski definition) is 0. The Bertz CT molecular complexity index is 797. The summed E-state index contributed by atoms with van der Waals surface area (Å²) < 4.78 is 6.00. The molecule has 2 heterocycles. The number of carbonyl (C=O) groups excluding carboxylic acids is 2. The van der Waals surface area contributed by atoms with E-state index in [0.29, 0.717) is 18.4 Å². The Balaban J connectivity index is 0.00000306. The molecule has 0 bridgehead atoms. The minimum atomic E-state index is -0.0645. The van der Waals surface area contributed by atoms with Gasteiger partial charge in [0.1, 0.15) is 5.75 Å². The molecule has 1 aromatic carbocycles. The Morgan fingerprint density at radius 3 is 2.06 bits per heavy atom. The number of rotatable bonds is 7. The van der Waals surface area contributed by atoms with Crippen LogP contribution in [0.25, 0.3) is 0 Å². The van der Waals surface area contributed by atoms with E-state index in [-0.39, 0.29) is 42.2 Å². The average Bonchev–Trinajstić information content (AvgIpc) is 2.99. The van der Waals surface area contributed by atoms with E-state index in [4.69, 9.17) is 4.74 Å². The predicted octanol–water partition coefficient (Wildman–Crippen LogP) is 4.07. The van der Waals surface area contributed by atoms with Gasteiger partial charge in [0, 0.05) is 32.7 Å². The summed E-state index contributed by atoms with van der Waals surface area (Å²) in [5, 5.41) is 0. The summed E-state index contributed by atoms with van der Waals surface area (Å²) in [5.74, 6) is 2.05. The van der Waals surface area contributed by atoms with Crippen LogP contribution in [0.1, 0.15) is 47.0 Å². The maximum absolute atomic E-state index is 12.9. The molecular formula is C26H40ClN3O3. The van der Waals surface area contributed by atoms with Crippen molar-refractivity contribution < 1.29 is 14.3 Å². The lowest BCUT2D eigenvalue weighted by atomic mass is 9.70. The summed E-state index contributed by atoms with van der Waals surface area (Å²) in [6, 6.07) is 8.28. The smallest absolute Gasteiger partial charge is 0.233 e. The molecule has 0 radical (unpaired) electrons. The summed E-state index contributed by atoms with van der Waals surface area (Å²) in [6.45, 7) is 13.9. The molecule has 3 fully saturated rings. The highest BCUT2D eigenvalue weighted by Gasteiger charge is 2.50. The van der Waals surface area contributed by atoms with Gasteiger partial charge in [0.05, 0.1) is 23.6 Å². The van der Waals surface area contributed by atoms with Gasteiger partial charge in [-0.25, -0.2) is 0 Å². The van der Waals surface area contributed by atoms with Crippen LogP contribution in [0.15, 0.2) is 24.3 Å². The van der Waals surface area contributed by atoms with E-state index in [0.717, 1.165) is 57.7 Å². The Hall–Kier alpha value is -1.79. The van der Waals surface area contributed by atoms with Crippen LogP contribution in [0.3, 0.4) is 0 Å². The summed E-state index contributed by atoms with van der Waals surface area (Å²) in [5.41, 5.74) is 1.17. The van der Waals surface area contributed by atoms with Gasteiger partial charge in [-0.2, -0.15) is 0 Å². The van der Waals surface area contributed by atoms with Crippen molar-refractivity contribution in [2.45, 2.75) is 53.1 Å². The van der Waals surface area contributed by atoms with Crippen LogP contribution in [0.5, 0.6) is 5.75 Å². The molecule has 2 saturated heterocycles. The number of anilines is 1. The largest absolute Gasteiger partial charge is 0.489 e. The van der Waals surface area contributed by atoms with E-state index in [1.54, 1.807) is 4.90 Å². The summed E-state index contributed by atoms with van der Waals surface area (Å²) in [6.07, 6.45) is 2.76. The van der Waals surface area contributed by atoms with Crippen LogP contribution in [-0.4, -0.2) is 67.0 Å². The molecule has 0 N–H and O–H groups in total. The molecular weight excluding hydrogens is 438 g/mol. The molecule has 2 amide bonds. The molecule has 184 valence electrons. The number of ether oxygens (including phenoxy) is 1. The third-order valence-electron chi connectivity index (χ3n) is 7.67. The number of carbonyl (C=O) groups is 2. The summed E-state index contributed by atoms with van der Waals surface area (Å²) in [4.78, 5) is 32.2. The van der Waals surface area contributed by atoms with Crippen LogP contribution in [-0.2, 0) is 9.59 Å².